The summed E-state index contributed by atoms with van der Waals surface area (Å²) in [6.07, 6.45) is 0. The summed E-state index contributed by atoms with van der Waals surface area (Å²) >= 11 is 1.80. The van der Waals surface area contributed by atoms with Gasteiger partial charge < -0.3 is 4.57 Å². The van der Waals surface area contributed by atoms with Gasteiger partial charge >= 0.3 is 0 Å². The van der Waals surface area contributed by atoms with E-state index in [9.17, 15) is 0 Å². The largest absolute Gasteiger partial charge is 0.309 e. The molecule has 0 N–H and O–H groups in total. The summed E-state index contributed by atoms with van der Waals surface area (Å²) in [5, 5.41) is 8.50. The van der Waals surface area contributed by atoms with E-state index in [0.717, 1.165) is 33.2 Å². The highest BCUT2D eigenvalue weighted by atomic mass is 32.2. The van der Waals surface area contributed by atoms with Crippen LogP contribution in [0.5, 0.6) is 0 Å². The number of nitrogens with zero attached hydrogens (tertiary/aromatic N) is 4. The normalized spacial score (nSPS) is 13.7. The van der Waals surface area contributed by atoms with Gasteiger partial charge in [0.2, 0.25) is 5.95 Å². The van der Waals surface area contributed by atoms with Crippen molar-refractivity contribution < 1.29 is 0 Å². The van der Waals surface area contributed by atoms with E-state index in [4.69, 9.17) is 9.97 Å². The van der Waals surface area contributed by atoms with Crippen molar-refractivity contribution in [3.05, 3.63) is 193 Å². The minimum absolute atomic E-state index is 0.0439. The Morgan fingerprint density at radius 2 is 1.11 bits per heavy atom. The Hall–Kier alpha value is -7.47. The van der Waals surface area contributed by atoms with Crippen LogP contribution in [0.3, 0.4) is 0 Å². The Bertz CT molecular complexity index is 3940. The molecule has 4 heterocycles. The highest BCUT2D eigenvalue weighted by molar-refractivity contribution is 7.99. The summed E-state index contributed by atoms with van der Waals surface area (Å²) in [5.74, 6) is 0.685. The molecule has 0 saturated heterocycles. The molecule has 62 heavy (non-hydrogen) atoms. The molecule has 1 aliphatic carbocycles. The van der Waals surface area contributed by atoms with Crippen molar-refractivity contribution in [2.45, 2.75) is 29.1 Å². The van der Waals surface area contributed by atoms with Crippen LogP contribution in [-0.2, 0) is 5.41 Å². The van der Waals surface area contributed by atoms with E-state index in [2.05, 4.69) is 205 Å². The quantitative estimate of drug-likeness (QED) is 0.178. The first-order valence-electron chi connectivity index (χ1n) is 21.3. The number of aromatic nitrogens is 4. The van der Waals surface area contributed by atoms with Gasteiger partial charge in [-0.15, -0.1) is 0 Å². The molecule has 0 bridgehead atoms. The first kappa shape index (κ1) is 34.3. The van der Waals surface area contributed by atoms with Crippen molar-refractivity contribution in [1.82, 2.24) is 19.1 Å². The lowest BCUT2D eigenvalue weighted by molar-refractivity contribution is 0.660. The third-order valence-electron chi connectivity index (χ3n) is 13.7. The zero-order chi connectivity index (χ0) is 40.8. The zero-order valence-corrected chi connectivity index (χ0v) is 34.8. The van der Waals surface area contributed by atoms with E-state index in [0.29, 0.717) is 5.95 Å². The summed E-state index contributed by atoms with van der Waals surface area (Å²) in [7, 11) is 0. The van der Waals surface area contributed by atoms with Crippen LogP contribution >= 0.6 is 11.8 Å². The van der Waals surface area contributed by atoms with Crippen molar-refractivity contribution in [3.63, 3.8) is 0 Å². The first-order valence-corrected chi connectivity index (χ1v) is 22.1. The maximum absolute atomic E-state index is 5.38. The van der Waals surface area contributed by atoms with Gasteiger partial charge in [0.1, 0.15) is 0 Å². The highest BCUT2D eigenvalue weighted by Gasteiger charge is 2.35. The van der Waals surface area contributed by atoms with Gasteiger partial charge in [0.25, 0.3) is 0 Å². The fourth-order valence-electron chi connectivity index (χ4n) is 10.9. The highest BCUT2D eigenvalue weighted by Crippen LogP contribution is 2.50. The molecule has 2 aliphatic rings. The average Bonchev–Trinajstić information content (AvgIpc) is 3.91. The van der Waals surface area contributed by atoms with Crippen molar-refractivity contribution in [2.75, 3.05) is 0 Å². The predicted molar refractivity (Wildman–Crippen MR) is 258 cm³/mol. The van der Waals surface area contributed by atoms with Crippen molar-refractivity contribution in [2.24, 2.45) is 0 Å². The molecule has 9 aromatic carbocycles. The fourth-order valence-corrected chi connectivity index (χ4v) is 12.0. The second kappa shape index (κ2) is 12.3. The second-order valence-electron chi connectivity index (χ2n) is 17.4. The molecular weight excluding hydrogens is 773 g/mol. The Balaban J connectivity index is 0.971. The molecule has 0 saturated carbocycles. The summed E-state index contributed by atoms with van der Waals surface area (Å²) < 4.78 is 4.73. The monoisotopic (exact) mass is 808 g/mol. The average molecular weight is 809 g/mol. The van der Waals surface area contributed by atoms with Crippen LogP contribution in [0.2, 0.25) is 0 Å². The van der Waals surface area contributed by atoms with Crippen LogP contribution in [0.15, 0.2) is 192 Å². The molecular formula is C57H36N4S. The number of fused-ring (bicyclic) bond motifs is 13. The number of para-hydroxylation sites is 1. The van der Waals surface area contributed by atoms with E-state index in [-0.39, 0.29) is 5.41 Å². The van der Waals surface area contributed by atoms with Crippen LogP contribution in [-0.4, -0.2) is 19.1 Å². The zero-order valence-electron chi connectivity index (χ0n) is 34.0. The van der Waals surface area contributed by atoms with Crippen LogP contribution in [0.25, 0.3) is 110 Å². The summed E-state index contributed by atoms with van der Waals surface area (Å²) in [4.78, 5) is 13.1. The molecule has 1 aliphatic heterocycles. The summed E-state index contributed by atoms with van der Waals surface area (Å²) in [6.45, 7) is 4.70. The molecule has 3 aromatic heterocycles. The molecule has 0 amide bonds. The van der Waals surface area contributed by atoms with Crippen LogP contribution < -0.4 is 0 Å². The van der Waals surface area contributed by atoms with E-state index in [1.165, 1.54) is 92.2 Å². The van der Waals surface area contributed by atoms with Gasteiger partial charge in [0, 0.05) is 53.4 Å². The molecule has 0 radical (unpaired) electrons. The molecule has 5 heteroatoms. The van der Waals surface area contributed by atoms with Crippen LogP contribution in [0, 0.1) is 0 Å². The molecule has 12 aromatic rings. The molecule has 0 spiro atoms. The number of rotatable bonds is 3. The predicted octanol–water partition coefficient (Wildman–Crippen LogP) is 15.1. The molecule has 290 valence electrons. The topological polar surface area (TPSA) is 35.6 Å². The number of hydrogen-bond acceptors (Lipinski definition) is 3. The Morgan fingerprint density at radius 3 is 2.00 bits per heavy atom. The Morgan fingerprint density at radius 1 is 0.435 bits per heavy atom. The standard InChI is InChI=1S/C57H36N4S/c1-57(2)44-17-8-5-14-38(44)41-32-36(25-26-45(41)57)60-49-28-24-35(31-43(49)53-37-13-4-3-12-33(37)22-29-50(53)60)34-23-27-48-42(30-34)39-15-6-9-19-47(39)61(48)56-58-46-18-11-21-52-54(46)55(59-56)40-16-7-10-20-51(40)62-52/h3-32H,1-2H3. The van der Waals surface area contributed by atoms with Gasteiger partial charge in [0.05, 0.1) is 33.3 Å². The molecule has 0 atom stereocenters. The summed E-state index contributed by atoms with van der Waals surface area (Å²) in [5.41, 5.74) is 16.6. The smallest absolute Gasteiger partial charge is 0.235 e. The fraction of sp³-hybridized carbons (Fsp3) is 0.0526. The number of hydrogen-bond donors (Lipinski definition) is 0. The minimum Gasteiger partial charge on any atom is -0.309 e. The van der Waals surface area contributed by atoms with Crippen molar-refractivity contribution >= 4 is 77.0 Å². The third-order valence-corrected chi connectivity index (χ3v) is 14.9. The van der Waals surface area contributed by atoms with E-state index in [1.807, 2.05) is 0 Å². The van der Waals surface area contributed by atoms with Gasteiger partial charge in [-0.1, -0.05) is 141 Å². The summed E-state index contributed by atoms with van der Waals surface area (Å²) in [6, 6.07) is 67.0. The number of benzene rings is 9. The lowest BCUT2D eigenvalue weighted by Gasteiger charge is -2.21. The van der Waals surface area contributed by atoms with E-state index < -0.39 is 0 Å². The van der Waals surface area contributed by atoms with Crippen molar-refractivity contribution in [1.29, 1.82) is 0 Å². The van der Waals surface area contributed by atoms with Gasteiger partial charge in [-0.3, -0.25) is 4.57 Å². The Labute approximate surface area is 361 Å². The van der Waals surface area contributed by atoms with Gasteiger partial charge in [-0.25, -0.2) is 9.97 Å². The van der Waals surface area contributed by atoms with Crippen LogP contribution in [0.4, 0.5) is 0 Å². The van der Waals surface area contributed by atoms with Gasteiger partial charge in [0.15, 0.2) is 0 Å². The first-order chi connectivity index (χ1) is 30.5. The molecule has 14 rings (SSSR count). The van der Waals surface area contributed by atoms with E-state index >= 15 is 0 Å². The van der Waals surface area contributed by atoms with Gasteiger partial charge in [-0.05, 0) is 111 Å². The lowest BCUT2D eigenvalue weighted by atomic mass is 9.82. The second-order valence-corrected chi connectivity index (χ2v) is 18.4. The maximum atomic E-state index is 5.38. The Kier molecular flexibility index (Phi) is 6.80. The van der Waals surface area contributed by atoms with E-state index in [1.54, 1.807) is 11.8 Å². The molecule has 0 unspecified atom stereocenters. The molecule has 0 fully saturated rings. The van der Waals surface area contributed by atoms with Gasteiger partial charge in [-0.2, -0.15) is 0 Å². The molecule has 4 nitrogen and oxygen atoms in total. The third kappa shape index (κ3) is 4.58. The minimum atomic E-state index is -0.0439. The lowest BCUT2D eigenvalue weighted by Crippen LogP contribution is -2.14. The SMILES string of the molecule is CC1(C)c2ccccc2-c2cc(-n3c4ccc(-c5ccc6c(c5)c5ccccc5n6-c5nc6c7c(cccc7n5)Sc5ccccc5-6)cc4c4c5ccccc5ccc43)ccc21. The maximum Gasteiger partial charge on any atom is 0.235 e. The van der Waals surface area contributed by atoms with Crippen molar-refractivity contribution in [3.8, 4) is 45.1 Å². The van der Waals surface area contributed by atoms with Crippen LogP contribution in [0.1, 0.15) is 25.0 Å².